The second-order valence-corrected chi connectivity index (χ2v) is 7.68. The smallest absolute Gasteiger partial charge is 0.263 e. The molecule has 5 nitrogen and oxygen atoms in total. The maximum Gasteiger partial charge on any atom is 0.263 e. The Balaban J connectivity index is 1.95. The Morgan fingerprint density at radius 3 is 3.08 bits per heavy atom. The lowest BCUT2D eigenvalue weighted by atomic mass is 10.2. The first-order valence-electron chi connectivity index (χ1n) is 8.03. The number of nitrogens with one attached hydrogen (secondary N) is 1. The average Bonchev–Trinajstić information content (AvgIpc) is 3.14. The van der Waals surface area contributed by atoms with Crippen molar-refractivity contribution < 1.29 is 4.79 Å². The van der Waals surface area contributed by atoms with E-state index in [2.05, 4.69) is 11.2 Å². The van der Waals surface area contributed by atoms with Crippen molar-refractivity contribution in [3.8, 4) is 12.3 Å². The van der Waals surface area contributed by atoms with Crippen LogP contribution < -0.4 is 10.9 Å². The second-order valence-electron chi connectivity index (χ2n) is 5.66. The standard InChI is InChI=1S/C17H19N3O2S2/c1-3-8-18-13(21)10-23-17-19-15-14(16(22)20(17)9-4-2)11-6-5-7-12(11)24-15/h1H,4-10H2,2H3,(H,18,21). The number of aryl methyl sites for hydroxylation is 2. The van der Waals surface area contributed by atoms with E-state index < -0.39 is 0 Å². The van der Waals surface area contributed by atoms with E-state index in [1.54, 1.807) is 15.9 Å². The van der Waals surface area contributed by atoms with Crippen molar-refractivity contribution in [3.63, 3.8) is 0 Å². The van der Waals surface area contributed by atoms with Crippen LogP contribution in [0.1, 0.15) is 30.2 Å². The molecule has 126 valence electrons. The molecule has 0 radical (unpaired) electrons. The van der Waals surface area contributed by atoms with Crippen LogP contribution in [0.3, 0.4) is 0 Å². The number of amides is 1. The summed E-state index contributed by atoms with van der Waals surface area (Å²) in [5.41, 5.74) is 1.23. The number of rotatable bonds is 6. The van der Waals surface area contributed by atoms with E-state index in [9.17, 15) is 9.59 Å². The zero-order chi connectivity index (χ0) is 17.1. The van der Waals surface area contributed by atoms with Gasteiger partial charge in [-0.2, -0.15) is 0 Å². The molecule has 1 aliphatic carbocycles. The molecule has 0 unspecified atom stereocenters. The number of carbonyl (C=O) groups excluding carboxylic acids is 1. The van der Waals surface area contributed by atoms with E-state index in [1.807, 2.05) is 6.92 Å². The number of nitrogens with zero attached hydrogens (tertiary/aromatic N) is 2. The summed E-state index contributed by atoms with van der Waals surface area (Å²) in [6.07, 6.45) is 9.12. The summed E-state index contributed by atoms with van der Waals surface area (Å²) in [4.78, 5) is 31.5. The highest BCUT2D eigenvalue weighted by Crippen LogP contribution is 2.35. The number of thiophene rings is 1. The minimum atomic E-state index is -0.149. The van der Waals surface area contributed by atoms with Crippen LogP contribution in [-0.2, 0) is 24.2 Å². The lowest BCUT2D eigenvalue weighted by molar-refractivity contribution is -0.118. The van der Waals surface area contributed by atoms with Crippen LogP contribution in [0.4, 0.5) is 0 Å². The van der Waals surface area contributed by atoms with E-state index >= 15 is 0 Å². The van der Waals surface area contributed by atoms with Crippen molar-refractivity contribution >= 4 is 39.2 Å². The highest BCUT2D eigenvalue weighted by molar-refractivity contribution is 7.99. The van der Waals surface area contributed by atoms with E-state index in [1.165, 1.54) is 22.2 Å². The van der Waals surface area contributed by atoms with Gasteiger partial charge in [-0.25, -0.2) is 4.98 Å². The zero-order valence-corrected chi connectivity index (χ0v) is 15.2. The Bertz CT molecular complexity index is 877. The maximum atomic E-state index is 13.0. The van der Waals surface area contributed by atoms with Crippen molar-refractivity contribution in [1.82, 2.24) is 14.9 Å². The molecule has 1 aliphatic rings. The largest absolute Gasteiger partial charge is 0.344 e. The molecule has 1 amide bonds. The molecule has 0 aliphatic heterocycles. The number of hydrogen-bond donors (Lipinski definition) is 1. The topological polar surface area (TPSA) is 64.0 Å². The van der Waals surface area contributed by atoms with Gasteiger partial charge < -0.3 is 5.32 Å². The summed E-state index contributed by atoms with van der Waals surface area (Å²) in [5, 5.41) is 4.04. The molecule has 0 saturated carbocycles. The predicted molar refractivity (Wildman–Crippen MR) is 98.8 cm³/mol. The Morgan fingerprint density at radius 2 is 2.33 bits per heavy atom. The fourth-order valence-corrected chi connectivity index (χ4v) is 5.08. The van der Waals surface area contributed by atoms with Crippen LogP contribution in [0, 0.1) is 12.3 Å². The van der Waals surface area contributed by atoms with Gasteiger partial charge in [0.25, 0.3) is 5.56 Å². The Hall–Kier alpha value is -1.78. The first kappa shape index (κ1) is 17.1. The van der Waals surface area contributed by atoms with Crippen LogP contribution >= 0.6 is 23.1 Å². The van der Waals surface area contributed by atoms with Crippen LogP contribution in [0.25, 0.3) is 10.2 Å². The number of hydrogen-bond acceptors (Lipinski definition) is 5. The molecule has 0 aromatic carbocycles. The number of fused-ring (bicyclic) bond motifs is 3. The molecule has 0 saturated heterocycles. The van der Waals surface area contributed by atoms with Gasteiger partial charge >= 0.3 is 0 Å². The van der Waals surface area contributed by atoms with Crippen molar-refractivity contribution in [1.29, 1.82) is 0 Å². The molecule has 2 heterocycles. The van der Waals surface area contributed by atoms with E-state index in [-0.39, 0.29) is 23.8 Å². The minimum Gasteiger partial charge on any atom is -0.344 e. The lowest BCUT2D eigenvalue weighted by Gasteiger charge is -2.11. The normalized spacial score (nSPS) is 13.0. The average molecular weight is 361 g/mol. The third-order valence-corrected chi connectivity index (χ3v) is 6.12. The van der Waals surface area contributed by atoms with Gasteiger partial charge in [0.1, 0.15) is 4.83 Å². The number of thioether (sulfide) groups is 1. The lowest BCUT2D eigenvalue weighted by Crippen LogP contribution is -2.27. The first-order chi connectivity index (χ1) is 11.7. The summed E-state index contributed by atoms with van der Waals surface area (Å²) < 4.78 is 1.72. The molecule has 2 aromatic heterocycles. The molecule has 7 heteroatoms. The minimum absolute atomic E-state index is 0.0350. The van der Waals surface area contributed by atoms with Crippen molar-refractivity contribution in [2.75, 3.05) is 12.3 Å². The van der Waals surface area contributed by atoms with Crippen LogP contribution in [0.2, 0.25) is 0 Å². The molecule has 24 heavy (non-hydrogen) atoms. The summed E-state index contributed by atoms with van der Waals surface area (Å²) in [6, 6.07) is 0. The third-order valence-electron chi connectivity index (χ3n) is 3.96. The van der Waals surface area contributed by atoms with Crippen LogP contribution in [0.15, 0.2) is 9.95 Å². The SMILES string of the molecule is C#CCNC(=O)CSc1nc2sc3c(c2c(=O)n1CCC)CCC3. The molecule has 0 atom stereocenters. The summed E-state index contributed by atoms with van der Waals surface area (Å²) in [7, 11) is 0. The summed E-state index contributed by atoms with van der Waals surface area (Å²) in [6.45, 7) is 2.86. The van der Waals surface area contributed by atoms with Gasteiger partial charge in [0.15, 0.2) is 5.16 Å². The molecule has 0 fully saturated rings. The zero-order valence-electron chi connectivity index (χ0n) is 13.6. The van der Waals surface area contributed by atoms with Crippen molar-refractivity contribution in [2.24, 2.45) is 0 Å². The fraction of sp³-hybridized carbons (Fsp3) is 0.471. The Morgan fingerprint density at radius 1 is 1.50 bits per heavy atom. The number of terminal acetylenes is 1. The molecule has 2 aromatic rings. The van der Waals surface area contributed by atoms with Gasteiger partial charge in [0, 0.05) is 11.4 Å². The highest BCUT2D eigenvalue weighted by Gasteiger charge is 2.23. The van der Waals surface area contributed by atoms with Crippen LogP contribution in [0.5, 0.6) is 0 Å². The van der Waals surface area contributed by atoms with E-state index in [0.717, 1.165) is 35.9 Å². The predicted octanol–water partition coefficient (Wildman–Crippen LogP) is 2.20. The first-order valence-corrected chi connectivity index (χ1v) is 9.84. The van der Waals surface area contributed by atoms with E-state index in [4.69, 9.17) is 11.4 Å². The third kappa shape index (κ3) is 3.21. The van der Waals surface area contributed by atoms with Crippen molar-refractivity contribution in [3.05, 3.63) is 20.8 Å². The molecule has 0 bridgehead atoms. The Kier molecular flexibility index (Phi) is 5.27. The maximum absolute atomic E-state index is 13.0. The van der Waals surface area contributed by atoms with Gasteiger partial charge in [-0.3, -0.25) is 14.2 Å². The van der Waals surface area contributed by atoms with Gasteiger partial charge in [0.2, 0.25) is 5.91 Å². The molecule has 0 spiro atoms. The van der Waals surface area contributed by atoms with Gasteiger partial charge in [-0.1, -0.05) is 24.6 Å². The fourth-order valence-electron chi connectivity index (χ4n) is 2.92. The Labute approximate surface area is 148 Å². The number of carbonyl (C=O) groups is 1. The highest BCUT2D eigenvalue weighted by atomic mass is 32.2. The quantitative estimate of drug-likeness (QED) is 0.487. The van der Waals surface area contributed by atoms with E-state index in [0.29, 0.717) is 11.7 Å². The second kappa shape index (κ2) is 7.41. The monoisotopic (exact) mass is 361 g/mol. The summed E-state index contributed by atoms with van der Waals surface area (Å²) >= 11 is 2.92. The van der Waals surface area contributed by atoms with Crippen LogP contribution in [-0.4, -0.2) is 27.8 Å². The summed E-state index contributed by atoms with van der Waals surface area (Å²) in [5.74, 6) is 2.43. The molecule has 3 rings (SSSR count). The molecular weight excluding hydrogens is 342 g/mol. The van der Waals surface area contributed by atoms with Gasteiger partial charge in [0.05, 0.1) is 17.7 Å². The number of aromatic nitrogens is 2. The van der Waals surface area contributed by atoms with Gasteiger partial charge in [-0.15, -0.1) is 17.8 Å². The van der Waals surface area contributed by atoms with Gasteiger partial charge in [-0.05, 0) is 31.2 Å². The molecule has 1 N–H and O–H groups in total. The molecular formula is C17H19N3O2S2. The van der Waals surface area contributed by atoms with Crippen molar-refractivity contribution in [2.45, 2.75) is 44.3 Å².